The van der Waals surface area contributed by atoms with E-state index in [1.54, 1.807) is 13.0 Å². The second kappa shape index (κ2) is 5.76. The molecule has 3 rings (SSSR count). The van der Waals surface area contributed by atoms with Crippen LogP contribution in [0.4, 0.5) is 10.1 Å². The summed E-state index contributed by atoms with van der Waals surface area (Å²) in [6, 6.07) is 2.64. The number of nitrogens with zero attached hydrogens (tertiary/aromatic N) is 2. The van der Waals surface area contributed by atoms with Crippen molar-refractivity contribution in [3.63, 3.8) is 0 Å². The molecule has 0 bridgehead atoms. The van der Waals surface area contributed by atoms with Crippen LogP contribution in [0, 0.1) is 5.82 Å². The number of carboxylic acids is 1. The first-order valence-corrected chi connectivity index (χ1v) is 7.58. The molecule has 0 amide bonds. The molecule has 7 heteroatoms. The van der Waals surface area contributed by atoms with Crippen molar-refractivity contribution >= 4 is 28.3 Å². The first kappa shape index (κ1) is 16.2. The van der Waals surface area contributed by atoms with Gasteiger partial charge < -0.3 is 20.3 Å². The lowest BCUT2D eigenvalue weighted by Gasteiger charge is -2.21. The summed E-state index contributed by atoms with van der Waals surface area (Å²) in [5, 5.41) is 9.21. The maximum absolute atomic E-state index is 14.5. The van der Waals surface area contributed by atoms with Crippen molar-refractivity contribution in [2.75, 3.05) is 18.0 Å². The Morgan fingerprint density at radius 2 is 2.17 bits per heavy atom. The Balaban J connectivity index is 2.31. The predicted molar refractivity (Wildman–Crippen MR) is 90.9 cm³/mol. The van der Waals surface area contributed by atoms with Crippen LogP contribution in [0.2, 0.25) is 0 Å². The van der Waals surface area contributed by atoms with Gasteiger partial charge in [0.15, 0.2) is 0 Å². The zero-order valence-corrected chi connectivity index (χ0v) is 13.3. The summed E-state index contributed by atoms with van der Waals surface area (Å²) in [7, 11) is 0. The number of allylic oxidation sites excluding steroid dienone is 1. The molecule has 2 heterocycles. The average Bonchev–Trinajstić information content (AvgIpc) is 2.93. The molecule has 1 fully saturated rings. The number of anilines is 1. The van der Waals surface area contributed by atoms with Crippen molar-refractivity contribution in [2.24, 2.45) is 5.73 Å². The van der Waals surface area contributed by atoms with Gasteiger partial charge in [0, 0.05) is 36.4 Å². The zero-order chi connectivity index (χ0) is 17.6. The standard InChI is InChI=1S/C17H18FN3O3/c1-9(2)21-8-12(17(23)24)16(22)11-5-13(18)15(6-14(11)21)20-4-3-10(19)7-20/h5-6,8,10H,1,3-4,7,19H2,2H3,(H,23,24). The van der Waals surface area contributed by atoms with E-state index >= 15 is 0 Å². The quantitative estimate of drug-likeness (QED) is 0.896. The molecule has 0 spiro atoms. The fraction of sp³-hybridized carbons (Fsp3) is 0.294. The Morgan fingerprint density at radius 3 is 2.71 bits per heavy atom. The van der Waals surface area contributed by atoms with Crippen LogP contribution in [0.5, 0.6) is 0 Å². The summed E-state index contributed by atoms with van der Waals surface area (Å²) in [4.78, 5) is 25.5. The second-order valence-corrected chi connectivity index (χ2v) is 6.10. The van der Waals surface area contributed by atoms with Gasteiger partial charge in [0.25, 0.3) is 0 Å². The number of nitrogens with two attached hydrogens (primary N) is 1. The predicted octanol–water partition coefficient (Wildman–Crippen LogP) is 1.87. The summed E-state index contributed by atoms with van der Waals surface area (Å²) in [5.41, 5.74) is 6.06. The van der Waals surface area contributed by atoms with Gasteiger partial charge in [-0.1, -0.05) is 6.58 Å². The summed E-state index contributed by atoms with van der Waals surface area (Å²) in [5.74, 6) is -1.92. The van der Waals surface area contributed by atoms with E-state index in [9.17, 15) is 19.1 Å². The van der Waals surface area contributed by atoms with E-state index in [-0.39, 0.29) is 11.4 Å². The third kappa shape index (κ3) is 2.56. The van der Waals surface area contributed by atoms with Crippen LogP contribution in [0.15, 0.2) is 29.7 Å². The summed E-state index contributed by atoms with van der Waals surface area (Å²) >= 11 is 0. The first-order valence-electron chi connectivity index (χ1n) is 7.58. The van der Waals surface area contributed by atoms with Crippen molar-refractivity contribution in [1.82, 2.24) is 4.57 Å². The van der Waals surface area contributed by atoms with Gasteiger partial charge in [0.2, 0.25) is 5.43 Å². The van der Waals surface area contributed by atoms with Crippen molar-refractivity contribution in [2.45, 2.75) is 19.4 Å². The highest BCUT2D eigenvalue weighted by atomic mass is 19.1. The van der Waals surface area contributed by atoms with Crippen LogP contribution >= 0.6 is 0 Å². The molecule has 1 unspecified atom stereocenters. The number of aromatic nitrogens is 1. The smallest absolute Gasteiger partial charge is 0.341 e. The molecule has 1 aromatic heterocycles. The van der Waals surface area contributed by atoms with E-state index in [4.69, 9.17) is 5.73 Å². The van der Waals surface area contributed by atoms with Crippen LogP contribution < -0.4 is 16.1 Å². The maximum Gasteiger partial charge on any atom is 0.341 e. The lowest BCUT2D eigenvalue weighted by atomic mass is 10.1. The SMILES string of the molecule is C=C(C)n1cc(C(=O)O)c(=O)c2cc(F)c(N3CCC(N)C3)cc21. The molecule has 6 nitrogen and oxygen atoms in total. The number of benzene rings is 1. The third-order valence-electron chi connectivity index (χ3n) is 4.28. The number of pyridine rings is 1. The Kier molecular flexibility index (Phi) is 3.88. The Labute approximate surface area is 137 Å². The molecular formula is C17H18FN3O3. The monoisotopic (exact) mass is 331 g/mol. The van der Waals surface area contributed by atoms with E-state index in [1.807, 2.05) is 4.90 Å². The van der Waals surface area contributed by atoms with Gasteiger partial charge in [0.05, 0.1) is 11.2 Å². The van der Waals surface area contributed by atoms with E-state index < -0.39 is 22.8 Å². The summed E-state index contributed by atoms with van der Waals surface area (Å²) < 4.78 is 16.0. The number of aromatic carboxylic acids is 1. The Morgan fingerprint density at radius 1 is 1.46 bits per heavy atom. The number of hydrogen-bond acceptors (Lipinski definition) is 4. The highest BCUT2D eigenvalue weighted by molar-refractivity contribution is 5.94. The van der Waals surface area contributed by atoms with Crippen LogP contribution in [0.3, 0.4) is 0 Å². The molecule has 1 aliphatic heterocycles. The van der Waals surface area contributed by atoms with Gasteiger partial charge in [-0.05, 0) is 25.5 Å². The normalized spacial score (nSPS) is 17.5. The number of carboxylic acid groups (broad SMARTS) is 1. The minimum absolute atomic E-state index is 0.0159. The topological polar surface area (TPSA) is 88.6 Å². The summed E-state index contributed by atoms with van der Waals surface area (Å²) in [6.45, 7) is 6.66. The van der Waals surface area contributed by atoms with E-state index in [0.717, 1.165) is 12.5 Å². The van der Waals surface area contributed by atoms with Crippen molar-refractivity contribution in [3.8, 4) is 0 Å². The molecule has 0 radical (unpaired) electrons. The van der Waals surface area contributed by atoms with E-state index in [2.05, 4.69) is 6.58 Å². The van der Waals surface area contributed by atoms with Crippen molar-refractivity contribution < 1.29 is 14.3 Å². The van der Waals surface area contributed by atoms with Crippen LogP contribution in [0.25, 0.3) is 16.6 Å². The second-order valence-electron chi connectivity index (χ2n) is 6.10. The number of carbonyl (C=O) groups is 1. The fourth-order valence-corrected chi connectivity index (χ4v) is 3.05. The molecule has 126 valence electrons. The fourth-order valence-electron chi connectivity index (χ4n) is 3.05. The molecule has 2 aromatic rings. The molecule has 24 heavy (non-hydrogen) atoms. The molecule has 1 saturated heterocycles. The highest BCUT2D eigenvalue weighted by Crippen LogP contribution is 2.28. The molecule has 3 N–H and O–H groups in total. The van der Waals surface area contributed by atoms with E-state index in [0.29, 0.717) is 30.0 Å². The van der Waals surface area contributed by atoms with Crippen LogP contribution in [-0.4, -0.2) is 34.8 Å². The molecule has 0 aliphatic carbocycles. The van der Waals surface area contributed by atoms with E-state index in [1.165, 1.54) is 10.8 Å². The number of rotatable bonds is 3. The zero-order valence-electron chi connectivity index (χ0n) is 13.3. The largest absolute Gasteiger partial charge is 0.477 e. The molecule has 0 saturated carbocycles. The van der Waals surface area contributed by atoms with Crippen LogP contribution in [-0.2, 0) is 0 Å². The Bertz CT molecular complexity index is 919. The molecular weight excluding hydrogens is 313 g/mol. The van der Waals surface area contributed by atoms with Gasteiger partial charge in [0.1, 0.15) is 11.4 Å². The number of fused-ring (bicyclic) bond motifs is 1. The third-order valence-corrected chi connectivity index (χ3v) is 4.28. The lowest BCUT2D eigenvalue weighted by molar-refractivity contribution is 0.0695. The minimum Gasteiger partial charge on any atom is -0.477 e. The van der Waals surface area contributed by atoms with Gasteiger partial charge in [-0.25, -0.2) is 9.18 Å². The Hall–Kier alpha value is -2.67. The van der Waals surface area contributed by atoms with Crippen LogP contribution in [0.1, 0.15) is 23.7 Å². The number of hydrogen-bond donors (Lipinski definition) is 2. The highest BCUT2D eigenvalue weighted by Gasteiger charge is 2.24. The van der Waals surface area contributed by atoms with Gasteiger partial charge in [-0.15, -0.1) is 0 Å². The first-order chi connectivity index (χ1) is 11.3. The maximum atomic E-state index is 14.5. The van der Waals surface area contributed by atoms with Crippen molar-refractivity contribution in [1.29, 1.82) is 0 Å². The summed E-state index contributed by atoms with van der Waals surface area (Å²) in [6.07, 6.45) is 2.00. The lowest BCUT2D eigenvalue weighted by Crippen LogP contribution is -2.27. The average molecular weight is 331 g/mol. The molecule has 1 aliphatic rings. The van der Waals surface area contributed by atoms with Crippen molar-refractivity contribution in [3.05, 3.63) is 46.5 Å². The van der Waals surface area contributed by atoms with Gasteiger partial charge in [-0.3, -0.25) is 4.79 Å². The molecule has 1 aromatic carbocycles. The van der Waals surface area contributed by atoms with Gasteiger partial charge in [-0.2, -0.15) is 0 Å². The van der Waals surface area contributed by atoms with Gasteiger partial charge >= 0.3 is 5.97 Å². The number of halogens is 1. The minimum atomic E-state index is -1.35. The molecule has 1 atom stereocenters.